The summed E-state index contributed by atoms with van der Waals surface area (Å²) in [6.45, 7) is 5.36. The van der Waals surface area contributed by atoms with Gasteiger partial charge >= 0.3 is 5.97 Å². The molecule has 0 fully saturated rings. The number of hydrogen-bond acceptors (Lipinski definition) is 5. The van der Waals surface area contributed by atoms with Crippen LogP contribution in [0, 0.1) is 0 Å². The lowest BCUT2D eigenvalue weighted by Gasteiger charge is -2.18. The summed E-state index contributed by atoms with van der Waals surface area (Å²) < 4.78 is 39.2. The highest BCUT2D eigenvalue weighted by Crippen LogP contribution is 2.26. The lowest BCUT2D eigenvalue weighted by molar-refractivity contribution is -0.147. The zero-order valence-corrected chi connectivity index (χ0v) is 21.9. The van der Waals surface area contributed by atoms with Crippen molar-refractivity contribution in [2.24, 2.45) is 0 Å². The Morgan fingerprint density at radius 3 is 2.08 bits per heavy atom. The molecule has 0 unspecified atom stereocenters. The fourth-order valence-corrected chi connectivity index (χ4v) is 3.75. The molecule has 0 radical (unpaired) electrons. The highest BCUT2D eigenvalue weighted by molar-refractivity contribution is 5.81. The average Bonchev–Trinajstić information content (AvgIpc) is 2.92. The number of aromatic nitrogens is 2. The van der Waals surface area contributed by atoms with Crippen molar-refractivity contribution in [1.82, 2.24) is 9.97 Å². The highest BCUT2D eigenvalue weighted by Gasteiger charge is 2.34. The molecule has 37 heavy (non-hydrogen) atoms. The molecule has 2 atom stereocenters. The van der Waals surface area contributed by atoms with Crippen molar-refractivity contribution in [2.75, 3.05) is 6.61 Å². The topological polar surface area (TPSA) is 61.3 Å². The molecule has 1 aromatic heterocycles. The Morgan fingerprint density at radius 2 is 1.46 bits per heavy atom. The number of nitrogens with zero attached hydrogens (tertiary/aromatic N) is 2. The second-order valence-electron chi connectivity index (χ2n) is 9.44. The van der Waals surface area contributed by atoms with Gasteiger partial charge in [0.1, 0.15) is 24.3 Å². The fourth-order valence-electron chi connectivity index (χ4n) is 3.75. The Hall–Kier alpha value is -3.35. The summed E-state index contributed by atoms with van der Waals surface area (Å²) in [4.78, 5) is 21.1. The number of esters is 1. The van der Waals surface area contributed by atoms with Gasteiger partial charge in [0.2, 0.25) is 5.67 Å². The summed E-state index contributed by atoms with van der Waals surface area (Å²) in [6.07, 6.45) is 7.53. The number of unbranched alkanes of at least 4 members (excludes halogenated alkanes) is 3. The highest BCUT2D eigenvalue weighted by atomic mass is 19.1. The van der Waals surface area contributed by atoms with Crippen molar-refractivity contribution in [1.29, 1.82) is 0 Å². The van der Waals surface area contributed by atoms with E-state index in [1.165, 1.54) is 6.92 Å². The van der Waals surface area contributed by atoms with Crippen molar-refractivity contribution in [2.45, 2.75) is 77.6 Å². The van der Waals surface area contributed by atoms with Gasteiger partial charge in [0, 0.05) is 23.5 Å². The van der Waals surface area contributed by atoms with E-state index in [0.29, 0.717) is 24.4 Å². The average molecular weight is 511 g/mol. The third kappa shape index (κ3) is 8.62. The quantitative estimate of drug-likeness (QED) is 0.125. The van der Waals surface area contributed by atoms with E-state index >= 15 is 0 Å². The van der Waals surface area contributed by atoms with Crippen LogP contribution < -0.4 is 9.47 Å². The van der Waals surface area contributed by atoms with Gasteiger partial charge in [0.15, 0.2) is 5.82 Å². The molecule has 0 bridgehead atoms. The molecule has 5 nitrogen and oxygen atoms in total. The predicted octanol–water partition coefficient (Wildman–Crippen LogP) is 7.93. The van der Waals surface area contributed by atoms with E-state index in [0.717, 1.165) is 42.4 Å². The zero-order valence-electron chi connectivity index (χ0n) is 21.9. The van der Waals surface area contributed by atoms with Crippen molar-refractivity contribution in [3.05, 3.63) is 60.9 Å². The van der Waals surface area contributed by atoms with E-state index in [4.69, 9.17) is 9.47 Å². The number of alkyl halides is 2. The number of halogens is 2. The minimum Gasteiger partial charge on any atom is -0.491 e. The van der Waals surface area contributed by atoms with Crippen LogP contribution in [0.25, 0.3) is 22.5 Å². The minimum absolute atomic E-state index is 0.0538. The predicted molar refractivity (Wildman–Crippen MR) is 142 cm³/mol. The molecule has 2 aromatic carbocycles. The minimum atomic E-state index is -2.01. The molecule has 0 spiro atoms. The largest absolute Gasteiger partial charge is 0.491 e. The third-order valence-electron chi connectivity index (χ3n) is 6.14. The molecule has 0 aliphatic carbocycles. The number of rotatable bonds is 14. The number of carbonyl (C=O) groups is 1. The van der Waals surface area contributed by atoms with E-state index < -0.39 is 17.8 Å². The summed E-state index contributed by atoms with van der Waals surface area (Å²) in [6, 6.07) is 14.1. The molecule has 198 valence electrons. The molecule has 0 saturated heterocycles. The third-order valence-corrected chi connectivity index (χ3v) is 6.14. The van der Waals surface area contributed by atoms with Gasteiger partial charge in [-0.1, -0.05) is 51.7 Å². The van der Waals surface area contributed by atoms with Gasteiger partial charge in [0.25, 0.3) is 0 Å². The van der Waals surface area contributed by atoms with Gasteiger partial charge in [-0.3, -0.25) is 0 Å². The van der Waals surface area contributed by atoms with E-state index in [1.54, 1.807) is 48.8 Å². The molecule has 7 heteroatoms. The van der Waals surface area contributed by atoms with Gasteiger partial charge in [-0.2, -0.15) is 0 Å². The molecule has 0 aliphatic heterocycles. The number of carbonyl (C=O) groups excluding carboxylic acids is 1. The second-order valence-corrected chi connectivity index (χ2v) is 9.44. The van der Waals surface area contributed by atoms with Crippen molar-refractivity contribution < 1.29 is 23.0 Å². The van der Waals surface area contributed by atoms with Gasteiger partial charge in [-0.05, 0) is 68.1 Å². The maximum atomic E-state index is 14.5. The first-order valence-electron chi connectivity index (χ1n) is 13.0. The van der Waals surface area contributed by atoms with Gasteiger partial charge in [-0.15, -0.1) is 0 Å². The molecule has 1 heterocycles. The van der Waals surface area contributed by atoms with Crippen LogP contribution in [0.5, 0.6) is 11.5 Å². The second kappa shape index (κ2) is 13.8. The van der Waals surface area contributed by atoms with Crippen molar-refractivity contribution >= 4 is 5.97 Å². The first-order valence-corrected chi connectivity index (χ1v) is 13.0. The maximum absolute atomic E-state index is 14.5. The van der Waals surface area contributed by atoms with Gasteiger partial charge in [0.05, 0.1) is 0 Å². The smallest absolute Gasteiger partial charge is 0.348 e. The van der Waals surface area contributed by atoms with Crippen LogP contribution in [-0.4, -0.2) is 34.4 Å². The zero-order chi connectivity index (χ0) is 26.7. The molecule has 3 rings (SSSR count). The molecular formula is C30H36F2N2O3. The SMILES string of the molecule is CCCCC[C@H](F)COc1ccc(-c2ncc(-c3ccc(OC(=O)[C@@](C)(F)CCCC)cc3)cn2)cc1. The van der Waals surface area contributed by atoms with Crippen LogP contribution in [0.3, 0.4) is 0 Å². The van der Waals surface area contributed by atoms with E-state index in [1.807, 2.05) is 19.1 Å². The maximum Gasteiger partial charge on any atom is 0.348 e. The standard InChI is InChI=1S/C30H36F2N2O3/c1-4-6-8-9-25(31)21-36-26-14-12-23(13-15-26)28-33-19-24(20-34-28)22-10-16-27(17-11-22)37-29(35)30(3,32)18-7-5-2/h10-17,19-20,25H,4-9,18,21H2,1-3H3/t25-,30-/m0/s1. The molecule has 3 aromatic rings. The van der Waals surface area contributed by atoms with Gasteiger partial charge in [-0.25, -0.2) is 23.5 Å². The Labute approximate surface area is 218 Å². The normalized spacial score (nSPS) is 13.5. The number of hydrogen-bond donors (Lipinski definition) is 0. The first-order chi connectivity index (χ1) is 17.8. The monoisotopic (exact) mass is 510 g/mol. The molecule has 0 amide bonds. The summed E-state index contributed by atoms with van der Waals surface area (Å²) in [5, 5.41) is 0. The van der Waals surface area contributed by atoms with Crippen LogP contribution in [0.1, 0.15) is 65.7 Å². The first kappa shape index (κ1) is 28.2. The Bertz CT molecular complexity index is 1100. The molecule has 0 N–H and O–H groups in total. The van der Waals surface area contributed by atoms with Crippen LogP contribution in [0.4, 0.5) is 8.78 Å². The van der Waals surface area contributed by atoms with Crippen LogP contribution in [-0.2, 0) is 4.79 Å². The number of ether oxygens (including phenoxy) is 2. The van der Waals surface area contributed by atoms with E-state index in [9.17, 15) is 13.6 Å². The molecule has 0 saturated carbocycles. The van der Waals surface area contributed by atoms with Crippen LogP contribution >= 0.6 is 0 Å². The summed E-state index contributed by atoms with van der Waals surface area (Å²) in [5.74, 6) is 0.569. The Morgan fingerprint density at radius 1 is 0.865 bits per heavy atom. The van der Waals surface area contributed by atoms with Crippen molar-refractivity contribution in [3.63, 3.8) is 0 Å². The molecule has 0 aliphatic rings. The summed E-state index contributed by atoms with van der Waals surface area (Å²) in [7, 11) is 0. The summed E-state index contributed by atoms with van der Waals surface area (Å²) in [5.41, 5.74) is 0.436. The van der Waals surface area contributed by atoms with E-state index in [2.05, 4.69) is 16.9 Å². The van der Waals surface area contributed by atoms with Gasteiger partial charge < -0.3 is 9.47 Å². The van der Waals surface area contributed by atoms with E-state index in [-0.39, 0.29) is 18.8 Å². The lowest BCUT2D eigenvalue weighted by atomic mass is 10.0. The van der Waals surface area contributed by atoms with Crippen molar-refractivity contribution in [3.8, 4) is 34.0 Å². The lowest BCUT2D eigenvalue weighted by Crippen LogP contribution is -2.34. The van der Waals surface area contributed by atoms with Crippen LogP contribution in [0.15, 0.2) is 60.9 Å². The Balaban J connectivity index is 1.56. The summed E-state index contributed by atoms with van der Waals surface area (Å²) >= 11 is 0. The van der Waals surface area contributed by atoms with Crippen LogP contribution in [0.2, 0.25) is 0 Å². The Kier molecular flexibility index (Phi) is 10.5. The number of benzene rings is 2. The fraction of sp³-hybridized carbons (Fsp3) is 0.433. The molecular weight excluding hydrogens is 474 g/mol.